The molecule has 0 amide bonds. The zero-order valence-electron chi connectivity index (χ0n) is 22.3. The van der Waals surface area contributed by atoms with Gasteiger partial charge in [0.1, 0.15) is 0 Å². The number of hydrogen-bond acceptors (Lipinski definition) is 4. The van der Waals surface area contributed by atoms with E-state index in [2.05, 4.69) is 13.8 Å². The van der Waals surface area contributed by atoms with Gasteiger partial charge in [-0.05, 0) is 12.8 Å². The van der Waals surface area contributed by atoms with E-state index in [0.717, 1.165) is 38.5 Å². The summed E-state index contributed by atoms with van der Waals surface area (Å²) in [4.78, 5) is 49.8. The van der Waals surface area contributed by atoms with Crippen molar-refractivity contribution in [3.05, 3.63) is 0 Å². The van der Waals surface area contributed by atoms with Gasteiger partial charge in [0.15, 0.2) is 5.78 Å². The van der Waals surface area contributed by atoms with Gasteiger partial charge < -0.3 is 0 Å². The minimum Gasteiger partial charge on any atom is -0.298 e. The topological polar surface area (TPSA) is 68.3 Å². The predicted molar refractivity (Wildman–Crippen MR) is 140 cm³/mol. The van der Waals surface area contributed by atoms with Crippen molar-refractivity contribution in [2.24, 2.45) is 11.8 Å². The lowest BCUT2D eigenvalue weighted by atomic mass is 9.73. The van der Waals surface area contributed by atoms with Gasteiger partial charge in [0.05, 0.1) is 11.8 Å². The zero-order valence-corrected chi connectivity index (χ0v) is 22.3. The summed E-state index contributed by atoms with van der Waals surface area (Å²) in [6, 6.07) is 0. The molecule has 4 nitrogen and oxygen atoms in total. The second kappa shape index (κ2) is 19.9. The minimum absolute atomic E-state index is 0.276. The Balaban J connectivity index is 2.24. The molecule has 0 N–H and O–H groups in total. The quantitative estimate of drug-likeness (QED) is 0.0898. The highest BCUT2D eigenvalue weighted by Gasteiger charge is 2.47. The monoisotopic (exact) mass is 476 g/mol. The van der Waals surface area contributed by atoms with E-state index in [1.807, 2.05) is 0 Å². The molecule has 0 saturated heterocycles. The molecule has 1 rings (SSSR count). The molecule has 0 aliphatic heterocycles. The fourth-order valence-corrected chi connectivity index (χ4v) is 5.16. The SMILES string of the molecule is CCCCCCCCCCCCC1C(=O)C(=O)C(=O)C(CCCCCCCCCCCC)C1=O. The maximum atomic E-state index is 12.9. The fourth-order valence-electron chi connectivity index (χ4n) is 5.16. The summed E-state index contributed by atoms with van der Waals surface area (Å²) in [6.45, 7) is 4.46. The molecule has 196 valence electrons. The van der Waals surface area contributed by atoms with Crippen molar-refractivity contribution in [2.75, 3.05) is 0 Å². The summed E-state index contributed by atoms with van der Waals surface area (Å²) in [5.74, 6) is -4.43. The molecule has 0 aromatic carbocycles. The molecule has 34 heavy (non-hydrogen) atoms. The first-order chi connectivity index (χ1) is 16.5. The zero-order chi connectivity index (χ0) is 25.0. The van der Waals surface area contributed by atoms with E-state index in [-0.39, 0.29) is 5.78 Å². The van der Waals surface area contributed by atoms with Crippen LogP contribution in [-0.2, 0) is 19.2 Å². The molecule has 1 aliphatic rings. The Morgan fingerprint density at radius 2 is 0.676 bits per heavy atom. The Morgan fingerprint density at radius 1 is 0.412 bits per heavy atom. The number of rotatable bonds is 22. The highest BCUT2D eigenvalue weighted by molar-refractivity contribution is 6.69. The summed E-state index contributed by atoms with van der Waals surface area (Å²) in [6.07, 6.45) is 24.5. The Bertz CT molecular complexity index is 547. The van der Waals surface area contributed by atoms with Crippen molar-refractivity contribution >= 4 is 23.1 Å². The van der Waals surface area contributed by atoms with Gasteiger partial charge in [-0.15, -0.1) is 0 Å². The summed E-state index contributed by atoms with van der Waals surface area (Å²) < 4.78 is 0. The molecule has 1 fully saturated rings. The van der Waals surface area contributed by atoms with E-state index in [0.29, 0.717) is 12.8 Å². The van der Waals surface area contributed by atoms with Crippen molar-refractivity contribution in [1.82, 2.24) is 0 Å². The summed E-state index contributed by atoms with van der Waals surface area (Å²) in [5.41, 5.74) is 0. The van der Waals surface area contributed by atoms with Crippen LogP contribution in [0, 0.1) is 11.8 Å². The predicted octanol–water partition coefficient (Wildman–Crippen LogP) is 8.13. The van der Waals surface area contributed by atoms with Crippen molar-refractivity contribution in [1.29, 1.82) is 0 Å². The van der Waals surface area contributed by atoms with E-state index < -0.39 is 29.2 Å². The molecule has 4 heteroatoms. The van der Waals surface area contributed by atoms with Crippen LogP contribution in [0.4, 0.5) is 0 Å². The molecule has 2 atom stereocenters. The van der Waals surface area contributed by atoms with Gasteiger partial charge in [-0.2, -0.15) is 0 Å². The normalized spacial score (nSPS) is 18.8. The summed E-state index contributed by atoms with van der Waals surface area (Å²) in [5, 5.41) is 0. The van der Waals surface area contributed by atoms with Gasteiger partial charge in [-0.1, -0.05) is 142 Å². The number of carbonyl (C=O) groups excluding carboxylic acids is 4. The molecule has 2 unspecified atom stereocenters. The highest BCUT2D eigenvalue weighted by Crippen LogP contribution is 2.27. The Kier molecular flexibility index (Phi) is 18.0. The van der Waals surface area contributed by atoms with Crippen LogP contribution in [0.1, 0.15) is 155 Å². The van der Waals surface area contributed by atoms with Crippen molar-refractivity contribution < 1.29 is 19.2 Å². The standard InChI is InChI=1S/C30H52O4/c1-3-5-7-9-11-13-15-17-19-21-23-25-27(31)26(29(33)30(34)28(25)32)24-22-20-18-16-14-12-10-8-6-4-2/h25-26H,3-24H2,1-2H3. The Morgan fingerprint density at radius 3 is 0.971 bits per heavy atom. The third-order valence-corrected chi connectivity index (χ3v) is 7.46. The maximum absolute atomic E-state index is 12.9. The van der Waals surface area contributed by atoms with Crippen molar-refractivity contribution in [2.45, 2.75) is 155 Å². The lowest BCUT2D eigenvalue weighted by Gasteiger charge is -2.24. The van der Waals surface area contributed by atoms with Gasteiger partial charge in [0, 0.05) is 0 Å². The molecule has 0 aromatic rings. The average Bonchev–Trinajstić information content (AvgIpc) is 2.83. The van der Waals surface area contributed by atoms with Crippen LogP contribution in [-0.4, -0.2) is 23.1 Å². The van der Waals surface area contributed by atoms with Crippen LogP contribution in [0.15, 0.2) is 0 Å². The van der Waals surface area contributed by atoms with Gasteiger partial charge in [-0.25, -0.2) is 0 Å². The van der Waals surface area contributed by atoms with Crippen LogP contribution < -0.4 is 0 Å². The molecular formula is C30H52O4. The molecule has 0 heterocycles. The lowest BCUT2D eigenvalue weighted by molar-refractivity contribution is -0.155. The van der Waals surface area contributed by atoms with Gasteiger partial charge >= 0.3 is 0 Å². The third kappa shape index (κ3) is 12.4. The number of unbranched alkanes of at least 4 members (excludes halogenated alkanes) is 18. The fraction of sp³-hybridized carbons (Fsp3) is 0.867. The molecule has 0 bridgehead atoms. The Hall–Kier alpha value is -1.32. The minimum atomic E-state index is -0.922. The number of ketones is 4. The van der Waals surface area contributed by atoms with Crippen LogP contribution >= 0.6 is 0 Å². The molecule has 0 spiro atoms. The Labute approximate surface area is 209 Å². The smallest absolute Gasteiger partial charge is 0.265 e. The van der Waals surface area contributed by atoms with E-state index in [9.17, 15) is 19.2 Å². The van der Waals surface area contributed by atoms with Gasteiger partial charge in [-0.3, -0.25) is 19.2 Å². The van der Waals surface area contributed by atoms with Crippen LogP contribution in [0.5, 0.6) is 0 Å². The summed E-state index contributed by atoms with van der Waals surface area (Å²) in [7, 11) is 0. The summed E-state index contributed by atoms with van der Waals surface area (Å²) >= 11 is 0. The number of hydrogen-bond donors (Lipinski definition) is 0. The molecule has 1 saturated carbocycles. The molecule has 0 aromatic heterocycles. The lowest BCUT2D eigenvalue weighted by Crippen LogP contribution is -2.48. The maximum Gasteiger partial charge on any atom is 0.265 e. The first kappa shape index (κ1) is 30.7. The van der Waals surface area contributed by atoms with Crippen molar-refractivity contribution in [3.8, 4) is 0 Å². The first-order valence-corrected chi connectivity index (χ1v) is 14.7. The average molecular weight is 477 g/mol. The second-order valence-electron chi connectivity index (χ2n) is 10.5. The third-order valence-electron chi connectivity index (χ3n) is 7.46. The molecular weight excluding hydrogens is 424 g/mol. The molecule has 1 aliphatic carbocycles. The van der Waals surface area contributed by atoms with E-state index in [1.165, 1.54) is 89.9 Å². The van der Waals surface area contributed by atoms with E-state index >= 15 is 0 Å². The highest BCUT2D eigenvalue weighted by atomic mass is 16.2. The second-order valence-corrected chi connectivity index (χ2v) is 10.5. The molecule has 0 radical (unpaired) electrons. The van der Waals surface area contributed by atoms with E-state index in [4.69, 9.17) is 0 Å². The van der Waals surface area contributed by atoms with Crippen LogP contribution in [0.3, 0.4) is 0 Å². The van der Waals surface area contributed by atoms with Gasteiger partial charge in [0.2, 0.25) is 11.6 Å². The first-order valence-electron chi connectivity index (χ1n) is 14.7. The van der Waals surface area contributed by atoms with Gasteiger partial charge in [0.25, 0.3) is 5.78 Å². The number of carbonyl (C=O) groups is 4. The van der Waals surface area contributed by atoms with E-state index in [1.54, 1.807) is 0 Å². The van der Waals surface area contributed by atoms with Crippen molar-refractivity contribution in [3.63, 3.8) is 0 Å². The largest absolute Gasteiger partial charge is 0.298 e. The van der Waals surface area contributed by atoms with Crippen LogP contribution in [0.2, 0.25) is 0 Å². The van der Waals surface area contributed by atoms with Crippen LogP contribution in [0.25, 0.3) is 0 Å². The number of Topliss-reactive ketones (excluding diaryl/α,β-unsaturated/α-hetero) is 4.